The van der Waals surface area contributed by atoms with Crippen molar-refractivity contribution in [2.75, 3.05) is 32.7 Å². The van der Waals surface area contributed by atoms with E-state index in [9.17, 15) is 4.79 Å². The lowest BCUT2D eigenvalue weighted by Crippen LogP contribution is -2.40. The number of nitrogens with one attached hydrogen (secondary N) is 2. The Morgan fingerprint density at radius 1 is 1.29 bits per heavy atom. The molecule has 0 bridgehead atoms. The molecule has 0 radical (unpaired) electrons. The van der Waals surface area contributed by atoms with E-state index in [-0.39, 0.29) is 25.0 Å². The van der Waals surface area contributed by atoms with Gasteiger partial charge >= 0.3 is 0 Å². The number of carbonyl (C=O) groups excluding carboxylic acids is 1. The maximum absolute atomic E-state index is 11.5. The van der Waals surface area contributed by atoms with E-state index >= 15 is 0 Å². The first-order chi connectivity index (χ1) is 10.2. The summed E-state index contributed by atoms with van der Waals surface area (Å²) in [6, 6.07) is 12.4. The molecule has 1 amide bonds. The lowest BCUT2D eigenvalue weighted by atomic mass is 10.1. The zero-order valence-electron chi connectivity index (χ0n) is 12.8. The lowest BCUT2D eigenvalue weighted by Gasteiger charge is -2.30. The molecule has 0 saturated carbocycles. The molecule has 5 heteroatoms. The Morgan fingerprint density at radius 2 is 1.95 bits per heavy atom. The van der Waals surface area contributed by atoms with Gasteiger partial charge in [-0.1, -0.05) is 44.2 Å². The van der Waals surface area contributed by atoms with Crippen molar-refractivity contribution in [3.8, 4) is 6.07 Å². The Balaban J connectivity index is 2.59. The van der Waals surface area contributed by atoms with Gasteiger partial charge in [0.2, 0.25) is 5.91 Å². The summed E-state index contributed by atoms with van der Waals surface area (Å²) < 4.78 is 0. The van der Waals surface area contributed by atoms with Gasteiger partial charge < -0.3 is 10.6 Å². The van der Waals surface area contributed by atoms with Gasteiger partial charge in [0.15, 0.2) is 0 Å². The molecule has 0 aromatic heterocycles. The Bertz CT molecular complexity index is 451. The monoisotopic (exact) mass is 288 g/mol. The Kier molecular flexibility index (Phi) is 8.10. The molecule has 1 unspecified atom stereocenters. The summed E-state index contributed by atoms with van der Waals surface area (Å²) in [5.74, 6) is -0.150. The van der Waals surface area contributed by atoms with E-state index < -0.39 is 0 Å². The number of carbonyl (C=O) groups is 1. The summed E-state index contributed by atoms with van der Waals surface area (Å²) in [4.78, 5) is 13.8. The molecule has 1 rings (SSSR count). The number of hydrogen-bond acceptors (Lipinski definition) is 4. The van der Waals surface area contributed by atoms with Gasteiger partial charge in [0.05, 0.1) is 12.6 Å². The third kappa shape index (κ3) is 5.94. The van der Waals surface area contributed by atoms with Crippen molar-refractivity contribution in [1.82, 2.24) is 15.5 Å². The number of amides is 1. The third-order valence-corrected chi connectivity index (χ3v) is 3.43. The van der Waals surface area contributed by atoms with E-state index in [1.165, 1.54) is 5.56 Å². The fraction of sp³-hybridized carbons (Fsp3) is 0.500. The molecule has 1 aromatic rings. The molecular formula is C16H24N4O. The topological polar surface area (TPSA) is 68.2 Å². The van der Waals surface area contributed by atoms with Crippen LogP contribution in [0.3, 0.4) is 0 Å². The van der Waals surface area contributed by atoms with Crippen molar-refractivity contribution in [3.63, 3.8) is 0 Å². The standard InChI is InChI=1S/C16H24N4O/c1-3-20(4-2)15(14-8-6-5-7-9-14)12-18-13-16(21)19-11-10-17/h5-9,15,18H,3-4,11-13H2,1-2H3,(H,19,21). The Labute approximate surface area is 126 Å². The first-order valence-electron chi connectivity index (χ1n) is 7.36. The quantitative estimate of drug-likeness (QED) is 0.672. The van der Waals surface area contributed by atoms with Crippen LogP contribution in [0.4, 0.5) is 0 Å². The van der Waals surface area contributed by atoms with Crippen molar-refractivity contribution in [2.45, 2.75) is 19.9 Å². The highest BCUT2D eigenvalue weighted by Gasteiger charge is 2.17. The SMILES string of the molecule is CCN(CC)C(CNCC(=O)NCC#N)c1ccccc1. The number of hydrogen-bond donors (Lipinski definition) is 2. The number of nitrogens with zero attached hydrogens (tertiary/aromatic N) is 2. The summed E-state index contributed by atoms with van der Waals surface area (Å²) in [5, 5.41) is 14.1. The van der Waals surface area contributed by atoms with E-state index in [1.54, 1.807) is 0 Å². The zero-order valence-corrected chi connectivity index (χ0v) is 12.8. The predicted octanol–water partition coefficient (Wildman–Crippen LogP) is 1.30. The maximum Gasteiger partial charge on any atom is 0.234 e. The van der Waals surface area contributed by atoms with Crippen molar-refractivity contribution in [1.29, 1.82) is 5.26 Å². The highest BCUT2D eigenvalue weighted by atomic mass is 16.1. The van der Waals surface area contributed by atoms with Gasteiger partial charge in [-0.3, -0.25) is 9.69 Å². The minimum atomic E-state index is -0.150. The minimum Gasteiger partial charge on any atom is -0.342 e. The number of rotatable bonds is 9. The number of likely N-dealkylation sites (N-methyl/N-ethyl adjacent to an activating group) is 1. The van der Waals surface area contributed by atoms with E-state index in [4.69, 9.17) is 5.26 Å². The van der Waals surface area contributed by atoms with E-state index in [0.29, 0.717) is 6.54 Å². The summed E-state index contributed by atoms with van der Waals surface area (Å²) in [6.45, 7) is 7.17. The van der Waals surface area contributed by atoms with E-state index in [0.717, 1.165) is 13.1 Å². The fourth-order valence-electron chi connectivity index (χ4n) is 2.32. The number of nitriles is 1. The average molecular weight is 288 g/mol. The molecule has 5 nitrogen and oxygen atoms in total. The lowest BCUT2D eigenvalue weighted by molar-refractivity contribution is -0.120. The maximum atomic E-state index is 11.5. The van der Waals surface area contributed by atoms with Crippen LogP contribution in [-0.2, 0) is 4.79 Å². The van der Waals surface area contributed by atoms with Crippen LogP contribution in [0.1, 0.15) is 25.5 Å². The van der Waals surface area contributed by atoms with Crippen LogP contribution in [0.15, 0.2) is 30.3 Å². The molecule has 0 spiro atoms. The Hall–Kier alpha value is -1.90. The highest BCUT2D eigenvalue weighted by molar-refractivity contribution is 5.78. The van der Waals surface area contributed by atoms with Crippen molar-refractivity contribution in [2.24, 2.45) is 0 Å². The first kappa shape index (κ1) is 17.2. The molecule has 0 aliphatic rings. The number of benzene rings is 1. The molecular weight excluding hydrogens is 264 g/mol. The van der Waals surface area contributed by atoms with E-state index in [1.807, 2.05) is 24.3 Å². The fourth-order valence-corrected chi connectivity index (χ4v) is 2.32. The van der Waals surface area contributed by atoms with Gasteiger partial charge in [-0.25, -0.2) is 0 Å². The third-order valence-electron chi connectivity index (χ3n) is 3.43. The van der Waals surface area contributed by atoms with Crippen LogP contribution in [-0.4, -0.2) is 43.5 Å². The molecule has 0 saturated heterocycles. The normalized spacial score (nSPS) is 11.9. The van der Waals surface area contributed by atoms with Crippen molar-refractivity contribution >= 4 is 5.91 Å². The molecule has 0 heterocycles. The van der Waals surface area contributed by atoms with Gasteiger partial charge in [0.1, 0.15) is 6.54 Å². The van der Waals surface area contributed by atoms with Gasteiger partial charge in [0.25, 0.3) is 0 Å². The van der Waals surface area contributed by atoms with Crippen LogP contribution >= 0.6 is 0 Å². The van der Waals surface area contributed by atoms with Gasteiger partial charge in [-0.15, -0.1) is 0 Å². The minimum absolute atomic E-state index is 0.0542. The first-order valence-corrected chi connectivity index (χ1v) is 7.36. The molecule has 114 valence electrons. The summed E-state index contributed by atoms with van der Waals surface area (Å²) >= 11 is 0. The van der Waals surface area contributed by atoms with Crippen LogP contribution in [0.2, 0.25) is 0 Å². The second-order valence-electron chi connectivity index (χ2n) is 4.71. The van der Waals surface area contributed by atoms with Crippen LogP contribution in [0.25, 0.3) is 0 Å². The van der Waals surface area contributed by atoms with Crippen LogP contribution in [0.5, 0.6) is 0 Å². The van der Waals surface area contributed by atoms with E-state index in [2.05, 4.69) is 41.5 Å². The van der Waals surface area contributed by atoms with Gasteiger partial charge in [-0.2, -0.15) is 5.26 Å². The zero-order chi connectivity index (χ0) is 15.5. The summed E-state index contributed by atoms with van der Waals surface area (Å²) in [7, 11) is 0. The van der Waals surface area contributed by atoms with Gasteiger partial charge in [-0.05, 0) is 18.7 Å². The second kappa shape index (κ2) is 9.92. The molecule has 0 aliphatic carbocycles. The molecule has 1 atom stereocenters. The molecule has 1 aromatic carbocycles. The highest BCUT2D eigenvalue weighted by Crippen LogP contribution is 2.19. The molecule has 2 N–H and O–H groups in total. The molecule has 21 heavy (non-hydrogen) atoms. The average Bonchev–Trinajstić information content (AvgIpc) is 2.53. The predicted molar refractivity (Wildman–Crippen MR) is 83.6 cm³/mol. The molecule has 0 aliphatic heterocycles. The summed E-state index contributed by atoms with van der Waals surface area (Å²) in [6.07, 6.45) is 0. The largest absolute Gasteiger partial charge is 0.342 e. The van der Waals surface area contributed by atoms with Crippen molar-refractivity contribution in [3.05, 3.63) is 35.9 Å². The summed E-state index contributed by atoms with van der Waals surface area (Å²) in [5.41, 5.74) is 1.24. The van der Waals surface area contributed by atoms with Crippen molar-refractivity contribution < 1.29 is 4.79 Å². The Morgan fingerprint density at radius 3 is 2.52 bits per heavy atom. The second-order valence-corrected chi connectivity index (χ2v) is 4.71. The molecule has 0 fully saturated rings. The smallest absolute Gasteiger partial charge is 0.234 e. The van der Waals surface area contributed by atoms with Crippen LogP contribution < -0.4 is 10.6 Å². The van der Waals surface area contributed by atoms with Gasteiger partial charge in [0, 0.05) is 12.6 Å². The van der Waals surface area contributed by atoms with Crippen LogP contribution in [0, 0.1) is 11.3 Å².